The summed E-state index contributed by atoms with van der Waals surface area (Å²) in [4.78, 5) is 47.9. The van der Waals surface area contributed by atoms with E-state index >= 15 is 0 Å². The predicted octanol–water partition coefficient (Wildman–Crippen LogP) is 0.962. The first-order chi connectivity index (χ1) is 14.8. The Kier molecular flexibility index (Phi) is 6.65. The maximum atomic E-state index is 12.2. The van der Waals surface area contributed by atoms with Crippen LogP contribution in [0, 0.1) is 10.1 Å². The van der Waals surface area contributed by atoms with Crippen LogP contribution in [-0.4, -0.2) is 54.0 Å². The van der Waals surface area contributed by atoms with Crippen LogP contribution in [0.25, 0.3) is 0 Å². The molecule has 11 nitrogen and oxygen atoms in total. The summed E-state index contributed by atoms with van der Waals surface area (Å²) in [5.41, 5.74) is 0.270. The van der Waals surface area contributed by atoms with E-state index in [9.17, 15) is 29.6 Å². The molecule has 0 fully saturated rings. The third-order valence-corrected chi connectivity index (χ3v) is 4.47. The molecule has 0 bridgehead atoms. The van der Waals surface area contributed by atoms with Crippen molar-refractivity contribution < 1.29 is 29.2 Å². The van der Waals surface area contributed by atoms with Crippen LogP contribution in [0.1, 0.15) is 16.8 Å². The summed E-state index contributed by atoms with van der Waals surface area (Å²) in [6, 6.07) is 9.78. The summed E-state index contributed by atoms with van der Waals surface area (Å²) >= 11 is 0. The van der Waals surface area contributed by atoms with Crippen LogP contribution in [0.3, 0.4) is 0 Å². The third kappa shape index (κ3) is 5.47. The van der Waals surface area contributed by atoms with Crippen molar-refractivity contribution in [1.82, 2.24) is 10.6 Å². The highest BCUT2D eigenvalue weighted by molar-refractivity contribution is 6.02. The Bertz CT molecular complexity index is 1020. The van der Waals surface area contributed by atoms with Gasteiger partial charge in [-0.1, -0.05) is 6.07 Å². The second kappa shape index (κ2) is 9.57. The van der Waals surface area contributed by atoms with Gasteiger partial charge >= 0.3 is 0 Å². The van der Waals surface area contributed by atoms with E-state index in [4.69, 9.17) is 4.74 Å². The standard InChI is InChI=1S/C20H20N4O7/c25-15-4-1-3-13(9-15)20(28)22-8-2-7-21-18(26)11-23-16-10-14(24(29)30)5-6-17(16)31-12-19(23)27/h1,3-6,9-10,25H,2,7-8,11-12H2,(H,21,26)(H,22,28). The number of non-ortho nitro benzene ring substituents is 1. The number of nitrogens with zero attached hydrogens (tertiary/aromatic N) is 2. The van der Waals surface area contributed by atoms with Gasteiger partial charge in [0.1, 0.15) is 18.0 Å². The lowest BCUT2D eigenvalue weighted by Crippen LogP contribution is -2.45. The van der Waals surface area contributed by atoms with Gasteiger partial charge in [0, 0.05) is 30.8 Å². The first-order valence-corrected chi connectivity index (χ1v) is 9.40. The zero-order valence-electron chi connectivity index (χ0n) is 16.4. The lowest BCUT2D eigenvalue weighted by atomic mass is 10.2. The van der Waals surface area contributed by atoms with Gasteiger partial charge in [-0.15, -0.1) is 0 Å². The number of phenolic OH excluding ortho intramolecular Hbond substituents is 1. The molecule has 162 valence electrons. The molecule has 0 saturated carbocycles. The second-order valence-electron chi connectivity index (χ2n) is 6.69. The number of nitro benzene ring substituents is 1. The van der Waals surface area contributed by atoms with Gasteiger partial charge in [0.2, 0.25) is 5.91 Å². The van der Waals surface area contributed by atoms with Gasteiger partial charge in [-0.05, 0) is 30.7 Å². The Morgan fingerprint density at radius 2 is 1.94 bits per heavy atom. The van der Waals surface area contributed by atoms with Gasteiger partial charge < -0.3 is 20.5 Å². The van der Waals surface area contributed by atoms with E-state index < -0.39 is 16.7 Å². The van der Waals surface area contributed by atoms with Gasteiger partial charge in [0.05, 0.1) is 10.6 Å². The van der Waals surface area contributed by atoms with Crippen LogP contribution in [0.5, 0.6) is 11.5 Å². The molecule has 0 atom stereocenters. The quantitative estimate of drug-likeness (QED) is 0.322. The van der Waals surface area contributed by atoms with Gasteiger partial charge in [0.15, 0.2) is 6.61 Å². The van der Waals surface area contributed by atoms with E-state index in [0.29, 0.717) is 18.5 Å². The first kappa shape index (κ1) is 21.6. The minimum absolute atomic E-state index is 0.00974. The average molecular weight is 428 g/mol. The number of carbonyl (C=O) groups excluding carboxylic acids is 3. The highest BCUT2D eigenvalue weighted by Crippen LogP contribution is 2.35. The van der Waals surface area contributed by atoms with Crippen LogP contribution >= 0.6 is 0 Å². The van der Waals surface area contributed by atoms with E-state index in [-0.39, 0.29) is 48.5 Å². The van der Waals surface area contributed by atoms with Crippen LogP contribution in [0.4, 0.5) is 11.4 Å². The number of hydrogen-bond acceptors (Lipinski definition) is 7. The molecule has 2 aromatic rings. The summed E-state index contributed by atoms with van der Waals surface area (Å²) in [5.74, 6) is -1.01. The smallest absolute Gasteiger partial charge is 0.271 e. The number of carbonyl (C=O) groups is 3. The second-order valence-corrected chi connectivity index (χ2v) is 6.69. The molecule has 0 aliphatic carbocycles. The summed E-state index contributed by atoms with van der Waals surface area (Å²) in [6.07, 6.45) is 0.440. The molecule has 1 heterocycles. The van der Waals surface area contributed by atoms with Gasteiger partial charge in [-0.25, -0.2) is 0 Å². The molecule has 11 heteroatoms. The zero-order chi connectivity index (χ0) is 22.4. The summed E-state index contributed by atoms with van der Waals surface area (Å²) in [7, 11) is 0. The van der Waals surface area contributed by atoms with Gasteiger partial charge in [0.25, 0.3) is 17.5 Å². The molecular weight excluding hydrogens is 408 g/mol. The van der Waals surface area contributed by atoms with E-state index in [1.165, 1.54) is 30.3 Å². The number of nitro groups is 1. The van der Waals surface area contributed by atoms with E-state index in [1.54, 1.807) is 12.1 Å². The van der Waals surface area contributed by atoms with Crippen molar-refractivity contribution in [3.63, 3.8) is 0 Å². The molecule has 1 aliphatic rings. The molecule has 0 aromatic heterocycles. The molecular formula is C20H20N4O7. The Morgan fingerprint density at radius 3 is 2.68 bits per heavy atom. The molecule has 0 spiro atoms. The predicted molar refractivity (Wildman–Crippen MR) is 109 cm³/mol. The summed E-state index contributed by atoms with van der Waals surface area (Å²) < 4.78 is 5.26. The fourth-order valence-electron chi connectivity index (χ4n) is 2.94. The SMILES string of the molecule is O=C(CN1C(=O)COc2ccc([N+](=O)[O-])cc21)NCCCNC(=O)c1cccc(O)c1. The monoisotopic (exact) mass is 428 g/mol. The van der Waals surface area contributed by atoms with Crippen molar-refractivity contribution in [1.29, 1.82) is 0 Å². The lowest BCUT2D eigenvalue weighted by molar-refractivity contribution is -0.384. The Balaban J connectivity index is 1.48. The lowest BCUT2D eigenvalue weighted by Gasteiger charge is -2.28. The average Bonchev–Trinajstić information content (AvgIpc) is 2.75. The van der Waals surface area contributed by atoms with Crippen molar-refractivity contribution in [2.75, 3.05) is 31.1 Å². The van der Waals surface area contributed by atoms with Gasteiger partial charge in [-0.3, -0.25) is 29.4 Å². The molecule has 0 radical (unpaired) electrons. The highest BCUT2D eigenvalue weighted by atomic mass is 16.6. The van der Waals surface area contributed by atoms with Crippen LogP contribution < -0.4 is 20.3 Å². The number of rotatable bonds is 8. The molecule has 0 unspecified atom stereocenters. The Morgan fingerprint density at radius 1 is 1.16 bits per heavy atom. The molecule has 0 saturated heterocycles. The normalized spacial score (nSPS) is 12.5. The molecule has 2 aromatic carbocycles. The van der Waals surface area contributed by atoms with Crippen LogP contribution in [0.2, 0.25) is 0 Å². The number of amides is 3. The summed E-state index contributed by atoms with van der Waals surface area (Å²) in [6.45, 7) is -0.0368. The topological polar surface area (TPSA) is 151 Å². The van der Waals surface area contributed by atoms with Crippen LogP contribution in [0.15, 0.2) is 42.5 Å². The van der Waals surface area contributed by atoms with Crippen LogP contribution in [-0.2, 0) is 9.59 Å². The molecule has 3 rings (SSSR count). The van der Waals surface area contributed by atoms with E-state index in [2.05, 4.69) is 10.6 Å². The Hall–Kier alpha value is -4.15. The first-order valence-electron chi connectivity index (χ1n) is 9.40. The molecule has 3 N–H and O–H groups in total. The minimum Gasteiger partial charge on any atom is -0.508 e. The fraction of sp³-hybridized carbons (Fsp3) is 0.250. The third-order valence-electron chi connectivity index (χ3n) is 4.47. The fourth-order valence-corrected chi connectivity index (χ4v) is 2.94. The van der Waals surface area contributed by atoms with Crippen molar-refractivity contribution in [2.24, 2.45) is 0 Å². The maximum absolute atomic E-state index is 12.2. The number of fused-ring (bicyclic) bond motifs is 1. The van der Waals surface area contributed by atoms with Gasteiger partial charge in [-0.2, -0.15) is 0 Å². The van der Waals surface area contributed by atoms with E-state index in [0.717, 1.165) is 4.90 Å². The highest BCUT2D eigenvalue weighted by Gasteiger charge is 2.29. The number of benzene rings is 2. The number of ether oxygens (including phenoxy) is 1. The zero-order valence-corrected chi connectivity index (χ0v) is 16.4. The van der Waals surface area contributed by atoms with Crippen molar-refractivity contribution >= 4 is 29.1 Å². The number of aromatic hydroxyl groups is 1. The largest absolute Gasteiger partial charge is 0.508 e. The number of hydrogen-bond donors (Lipinski definition) is 3. The summed E-state index contributed by atoms with van der Waals surface area (Å²) in [5, 5.41) is 25.7. The van der Waals surface area contributed by atoms with Crippen molar-refractivity contribution in [3.8, 4) is 11.5 Å². The number of anilines is 1. The van der Waals surface area contributed by atoms with Crippen molar-refractivity contribution in [2.45, 2.75) is 6.42 Å². The maximum Gasteiger partial charge on any atom is 0.271 e. The Labute approximate surface area is 176 Å². The number of nitrogens with one attached hydrogen (secondary N) is 2. The molecule has 1 aliphatic heterocycles. The van der Waals surface area contributed by atoms with Crippen molar-refractivity contribution in [3.05, 3.63) is 58.1 Å². The molecule has 31 heavy (non-hydrogen) atoms. The van der Waals surface area contributed by atoms with E-state index in [1.807, 2.05) is 0 Å². The molecule has 3 amide bonds. The number of phenols is 1. The minimum atomic E-state index is -0.595.